The number of aryl methyl sites for hydroxylation is 1. The smallest absolute Gasteiger partial charge is 0.152 e. The molecule has 3 rings (SSSR count). The number of hydrogen-bond acceptors (Lipinski definition) is 2. The number of halogens is 2. The van der Waals surface area contributed by atoms with Crippen LogP contribution < -0.4 is 5.73 Å². The summed E-state index contributed by atoms with van der Waals surface area (Å²) in [6.45, 7) is 1.89. The van der Waals surface area contributed by atoms with Crippen LogP contribution in [0.2, 0.25) is 5.02 Å². The van der Waals surface area contributed by atoms with Crippen molar-refractivity contribution in [2.24, 2.45) is 5.73 Å². The monoisotopic (exact) mass is 289 g/mol. The summed E-state index contributed by atoms with van der Waals surface area (Å²) < 4.78 is 19.6. The first-order valence-corrected chi connectivity index (χ1v) is 6.63. The molecule has 2 N–H and O–H groups in total. The van der Waals surface area contributed by atoms with Crippen LogP contribution in [0.15, 0.2) is 46.9 Å². The van der Waals surface area contributed by atoms with Gasteiger partial charge in [0.15, 0.2) is 5.58 Å². The van der Waals surface area contributed by atoms with Crippen molar-refractivity contribution in [2.45, 2.75) is 13.0 Å². The van der Waals surface area contributed by atoms with Gasteiger partial charge in [0.2, 0.25) is 0 Å². The molecule has 0 spiro atoms. The van der Waals surface area contributed by atoms with Crippen molar-refractivity contribution in [3.8, 4) is 0 Å². The van der Waals surface area contributed by atoms with Gasteiger partial charge < -0.3 is 10.2 Å². The Kier molecular flexibility index (Phi) is 3.24. The number of nitrogens with two attached hydrogens (primary N) is 1. The summed E-state index contributed by atoms with van der Waals surface area (Å²) in [6.07, 6.45) is 0. The Bertz CT molecular complexity index is 781. The molecule has 0 aliphatic heterocycles. The minimum atomic E-state index is -0.654. The van der Waals surface area contributed by atoms with E-state index in [1.807, 2.05) is 19.1 Å². The molecule has 1 aromatic heterocycles. The van der Waals surface area contributed by atoms with Gasteiger partial charge in [0, 0.05) is 10.9 Å². The van der Waals surface area contributed by atoms with Gasteiger partial charge >= 0.3 is 0 Å². The summed E-state index contributed by atoms with van der Waals surface area (Å²) in [4.78, 5) is 0. The molecular weight excluding hydrogens is 277 g/mol. The molecule has 0 saturated heterocycles. The molecular formula is C16H13ClFNO. The van der Waals surface area contributed by atoms with Crippen molar-refractivity contribution in [3.63, 3.8) is 0 Å². The lowest BCUT2D eigenvalue weighted by Crippen LogP contribution is -2.13. The van der Waals surface area contributed by atoms with Crippen LogP contribution in [0.1, 0.15) is 22.9 Å². The van der Waals surface area contributed by atoms with Gasteiger partial charge in [0.05, 0.1) is 11.1 Å². The van der Waals surface area contributed by atoms with E-state index in [1.165, 1.54) is 6.07 Å². The average Bonchev–Trinajstić information content (AvgIpc) is 2.86. The molecule has 0 radical (unpaired) electrons. The molecule has 3 aromatic rings. The second-order valence-electron chi connectivity index (χ2n) is 4.81. The largest absolute Gasteiger partial charge is 0.457 e. The first-order valence-electron chi connectivity index (χ1n) is 6.26. The lowest BCUT2D eigenvalue weighted by molar-refractivity contribution is 0.510. The maximum Gasteiger partial charge on any atom is 0.152 e. The number of benzene rings is 2. The summed E-state index contributed by atoms with van der Waals surface area (Å²) in [5.41, 5.74) is 8.07. The Labute approximate surface area is 121 Å². The second-order valence-corrected chi connectivity index (χ2v) is 5.22. The molecule has 1 unspecified atom stereocenters. The first kappa shape index (κ1) is 13.2. The Morgan fingerprint density at radius 2 is 2.00 bits per heavy atom. The van der Waals surface area contributed by atoms with E-state index in [0.29, 0.717) is 21.9 Å². The molecule has 0 aliphatic rings. The van der Waals surface area contributed by atoms with E-state index in [9.17, 15) is 4.39 Å². The minimum absolute atomic E-state index is 0.338. The average molecular weight is 290 g/mol. The summed E-state index contributed by atoms with van der Waals surface area (Å²) in [5.74, 6) is 0.159. The summed E-state index contributed by atoms with van der Waals surface area (Å²) >= 11 is 6.07. The highest BCUT2D eigenvalue weighted by molar-refractivity contribution is 6.34. The standard InChI is InChI=1S/C16H13ClFNO/c1-9-5-6-13(18)11(7-9)15(19)14-8-10-3-2-4-12(17)16(10)20-14/h2-8,15H,19H2,1H3. The Morgan fingerprint density at radius 3 is 2.75 bits per heavy atom. The van der Waals surface area contributed by atoms with Crippen molar-refractivity contribution in [3.05, 3.63) is 70.2 Å². The van der Waals surface area contributed by atoms with Crippen LogP contribution in [0, 0.1) is 12.7 Å². The van der Waals surface area contributed by atoms with Gasteiger partial charge in [-0.2, -0.15) is 0 Å². The van der Waals surface area contributed by atoms with Crippen molar-refractivity contribution >= 4 is 22.6 Å². The molecule has 1 heterocycles. The highest BCUT2D eigenvalue weighted by Crippen LogP contribution is 2.31. The molecule has 1 atom stereocenters. The van der Waals surface area contributed by atoms with Crippen molar-refractivity contribution in [1.82, 2.24) is 0 Å². The zero-order valence-electron chi connectivity index (χ0n) is 10.9. The lowest BCUT2D eigenvalue weighted by Gasteiger charge is -2.11. The van der Waals surface area contributed by atoms with Gasteiger partial charge in [-0.1, -0.05) is 41.4 Å². The molecule has 4 heteroatoms. The topological polar surface area (TPSA) is 39.2 Å². The van der Waals surface area contributed by atoms with E-state index in [0.717, 1.165) is 10.9 Å². The second kappa shape index (κ2) is 4.93. The number of fused-ring (bicyclic) bond motifs is 1. The molecule has 0 amide bonds. The predicted octanol–water partition coefficient (Wildman–Crippen LogP) is 4.58. The zero-order chi connectivity index (χ0) is 14.3. The molecule has 102 valence electrons. The highest BCUT2D eigenvalue weighted by Gasteiger charge is 2.18. The van der Waals surface area contributed by atoms with Crippen LogP contribution >= 0.6 is 11.6 Å². The Morgan fingerprint density at radius 1 is 1.20 bits per heavy atom. The van der Waals surface area contributed by atoms with E-state index < -0.39 is 6.04 Å². The third kappa shape index (κ3) is 2.19. The van der Waals surface area contributed by atoms with Gasteiger partial charge in [-0.15, -0.1) is 0 Å². The molecule has 0 bridgehead atoms. The number of hydrogen-bond donors (Lipinski definition) is 1. The van der Waals surface area contributed by atoms with Crippen LogP contribution in [-0.4, -0.2) is 0 Å². The molecule has 20 heavy (non-hydrogen) atoms. The van der Waals surface area contributed by atoms with Crippen molar-refractivity contribution < 1.29 is 8.81 Å². The van der Waals surface area contributed by atoms with Gasteiger partial charge in [-0.25, -0.2) is 4.39 Å². The molecule has 0 saturated carbocycles. The van der Waals surface area contributed by atoms with Crippen molar-refractivity contribution in [1.29, 1.82) is 0 Å². The Balaban J connectivity index is 2.10. The fourth-order valence-electron chi connectivity index (χ4n) is 2.26. The van der Waals surface area contributed by atoms with E-state index >= 15 is 0 Å². The molecule has 0 fully saturated rings. The zero-order valence-corrected chi connectivity index (χ0v) is 11.6. The highest BCUT2D eigenvalue weighted by atomic mass is 35.5. The van der Waals surface area contributed by atoms with Crippen molar-refractivity contribution in [2.75, 3.05) is 0 Å². The van der Waals surface area contributed by atoms with Crippen LogP contribution in [0.25, 0.3) is 11.0 Å². The van der Waals surface area contributed by atoms with E-state index in [-0.39, 0.29) is 5.82 Å². The fraction of sp³-hybridized carbons (Fsp3) is 0.125. The number of para-hydroxylation sites is 1. The van der Waals surface area contributed by atoms with E-state index in [2.05, 4.69) is 0 Å². The SMILES string of the molecule is Cc1ccc(F)c(C(N)c2cc3cccc(Cl)c3o2)c1. The maximum absolute atomic E-state index is 13.9. The maximum atomic E-state index is 13.9. The molecule has 2 nitrogen and oxygen atoms in total. The third-order valence-corrected chi connectivity index (χ3v) is 3.61. The van der Waals surface area contributed by atoms with Crippen LogP contribution in [0.4, 0.5) is 4.39 Å². The fourth-order valence-corrected chi connectivity index (χ4v) is 2.48. The van der Waals surface area contributed by atoms with E-state index in [4.69, 9.17) is 21.8 Å². The normalized spacial score (nSPS) is 12.8. The van der Waals surface area contributed by atoms with E-state index in [1.54, 1.807) is 24.3 Å². The number of furan rings is 1. The quantitative estimate of drug-likeness (QED) is 0.750. The lowest BCUT2D eigenvalue weighted by atomic mass is 10.0. The van der Waals surface area contributed by atoms with Crippen LogP contribution in [-0.2, 0) is 0 Å². The third-order valence-electron chi connectivity index (χ3n) is 3.31. The van der Waals surface area contributed by atoms with Crippen LogP contribution in [0.3, 0.4) is 0 Å². The van der Waals surface area contributed by atoms with Gasteiger partial charge in [-0.05, 0) is 25.1 Å². The van der Waals surface area contributed by atoms with Gasteiger partial charge in [-0.3, -0.25) is 0 Å². The summed E-state index contributed by atoms with van der Waals surface area (Å²) in [6, 6.07) is 11.5. The number of rotatable bonds is 2. The van der Waals surface area contributed by atoms with Crippen LogP contribution in [0.5, 0.6) is 0 Å². The first-order chi connectivity index (χ1) is 9.56. The summed E-state index contributed by atoms with van der Waals surface area (Å²) in [5, 5.41) is 1.38. The molecule has 0 aliphatic carbocycles. The minimum Gasteiger partial charge on any atom is -0.457 e. The predicted molar refractivity (Wildman–Crippen MR) is 78.4 cm³/mol. The summed E-state index contributed by atoms with van der Waals surface area (Å²) in [7, 11) is 0. The van der Waals surface area contributed by atoms with Gasteiger partial charge in [0.1, 0.15) is 11.6 Å². The molecule has 2 aromatic carbocycles. The van der Waals surface area contributed by atoms with Gasteiger partial charge in [0.25, 0.3) is 0 Å². The Hall–Kier alpha value is -1.84.